The second-order valence-corrected chi connectivity index (χ2v) is 12.9. The second kappa shape index (κ2) is 9.88. The van der Waals surface area contributed by atoms with Crippen molar-refractivity contribution in [2.75, 3.05) is 37.7 Å². The molecule has 0 aliphatic carbocycles. The molecule has 0 N–H and O–H groups in total. The van der Waals surface area contributed by atoms with Crippen molar-refractivity contribution in [3.05, 3.63) is 29.8 Å². The molecule has 1 aromatic carbocycles. The molecule has 178 valence electrons. The van der Waals surface area contributed by atoms with E-state index in [4.69, 9.17) is 4.74 Å². The number of hydrogen-bond donors (Lipinski definition) is 0. The molecular weight excluding hydrogens is 456 g/mol. The van der Waals surface area contributed by atoms with Crippen LogP contribution in [0.4, 0.5) is 0 Å². The zero-order valence-electron chi connectivity index (χ0n) is 18.4. The lowest BCUT2D eigenvalue weighted by molar-refractivity contribution is -0.137. The summed E-state index contributed by atoms with van der Waals surface area (Å²) in [6.07, 6.45) is 2.04. The Labute approximate surface area is 189 Å². The average molecular weight is 487 g/mol. The van der Waals surface area contributed by atoms with Crippen LogP contribution in [0.15, 0.2) is 29.2 Å². The van der Waals surface area contributed by atoms with Crippen LogP contribution in [0.3, 0.4) is 0 Å². The topological polar surface area (TPSA) is 118 Å². The molecule has 2 heterocycles. The molecule has 0 spiro atoms. The third-order valence-corrected chi connectivity index (χ3v) is 9.31. The Hall–Kier alpha value is -1.98. The minimum atomic E-state index is -3.58. The summed E-state index contributed by atoms with van der Waals surface area (Å²) in [6, 6.07) is 5.04. The van der Waals surface area contributed by atoms with Gasteiger partial charge in [-0.05, 0) is 49.4 Å². The van der Waals surface area contributed by atoms with E-state index < -0.39 is 44.4 Å². The maximum absolute atomic E-state index is 12.7. The lowest BCUT2D eigenvalue weighted by atomic mass is 10.1. The van der Waals surface area contributed by atoms with Gasteiger partial charge in [-0.3, -0.25) is 4.79 Å². The number of carbonyl (C=O) groups excluding carboxylic acids is 2. The van der Waals surface area contributed by atoms with E-state index in [9.17, 15) is 26.4 Å². The third kappa shape index (κ3) is 5.87. The third-order valence-electron chi connectivity index (χ3n) is 5.65. The standard InChI is InChI=1S/C21H30N2O7S2/c1-16(2)13-23(18-9-12-31(26,27)15-18)20(24)14-30-21(25)17-5-7-19(8-6-17)32(28,29)22-10-3-4-11-22/h5-8,16,18H,3-4,9-15H2,1-2H3/t18-/m1/s1. The second-order valence-electron chi connectivity index (χ2n) is 8.71. The zero-order chi connectivity index (χ0) is 23.5. The number of sulfonamides is 1. The van der Waals surface area contributed by atoms with E-state index >= 15 is 0 Å². The molecule has 0 radical (unpaired) electrons. The molecule has 1 aromatic rings. The molecule has 2 saturated heterocycles. The number of amides is 1. The minimum Gasteiger partial charge on any atom is -0.452 e. The van der Waals surface area contributed by atoms with Gasteiger partial charge in [0.1, 0.15) is 0 Å². The smallest absolute Gasteiger partial charge is 0.338 e. The van der Waals surface area contributed by atoms with E-state index in [-0.39, 0.29) is 27.9 Å². The van der Waals surface area contributed by atoms with Crippen LogP contribution >= 0.6 is 0 Å². The van der Waals surface area contributed by atoms with Gasteiger partial charge in [0.2, 0.25) is 10.0 Å². The molecule has 32 heavy (non-hydrogen) atoms. The molecule has 0 bridgehead atoms. The number of sulfone groups is 1. The Balaban J connectivity index is 1.61. The van der Waals surface area contributed by atoms with Crippen molar-refractivity contribution in [1.29, 1.82) is 0 Å². The molecule has 0 aromatic heterocycles. The first kappa shape index (κ1) is 24.7. The minimum absolute atomic E-state index is 0.0476. The van der Waals surface area contributed by atoms with Gasteiger partial charge in [-0.15, -0.1) is 0 Å². The van der Waals surface area contributed by atoms with Crippen LogP contribution in [0.2, 0.25) is 0 Å². The predicted octanol–water partition coefficient (Wildman–Crippen LogP) is 1.30. The van der Waals surface area contributed by atoms with Gasteiger partial charge in [0.05, 0.1) is 22.0 Å². The summed E-state index contributed by atoms with van der Waals surface area (Å²) in [4.78, 5) is 26.7. The highest BCUT2D eigenvalue weighted by Crippen LogP contribution is 2.22. The number of nitrogens with zero attached hydrogens (tertiary/aromatic N) is 2. The number of rotatable bonds is 8. The van der Waals surface area contributed by atoms with Gasteiger partial charge in [0, 0.05) is 25.7 Å². The van der Waals surface area contributed by atoms with Gasteiger partial charge in [0.15, 0.2) is 16.4 Å². The van der Waals surface area contributed by atoms with E-state index in [1.807, 2.05) is 13.8 Å². The lowest BCUT2D eigenvalue weighted by Crippen LogP contribution is -2.45. The van der Waals surface area contributed by atoms with Crippen molar-refractivity contribution in [2.24, 2.45) is 5.92 Å². The molecule has 11 heteroatoms. The summed E-state index contributed by atoms with van der Waals surface area (Å²) in [5, 5.41) is 0. The Bertz CT molecular complexity index is 1040. The Morgan fingerprint density at radius 3 is 2.31 bits per heavy atom. The Morgan fingerprint density at radius 1 is 1.16 bits per heavy atom. The molecule has 1 amide bonds. The fourth-order valence-corrected chi connectivity index (χ4v) is 7.25. The van der Waals surface area contributed by atoms with Crippen molar-refractivity contribution in [3.63, 3.8) is 0 Å². The molecule has 9 nitrogen and oxygen atoms in total. The molecule has 2 aliphatic heterocycles. The molecule has 0 unspecified atom stereocenters. The normalized spacial score (nSPS) is 21.0. The molecule has 0 saturated carbocycles. The van der Waals surface area contributed by atoms with Gasteiger partial charge in [-0.2, -0.15) is 4.31 Å². The largest absolute Gasteiger partial charge is 0.452 e. The van der Waals surface area contributed by atoms with E-state index in [0.717, 1.165) is 12.8 Å². The molecule has 2 fully saturated rings. The Morgan fingerprint density at radius 2 is 1.78 bits per heavy atom. The van der Waals surface area contributed by atoms with Gasteiger partial charge < -0.3 is 9.64 Å². The van der Waals surface area contributed by atoms with E-state index in [1.54, 1.807) is 0 Å². The van der Waals surface area contributed by atoms with E-state index in [1.165, 1.54) is 33.5 Å². The summed E-state index contributed by atoms with van der Waals surface area (Å²) in [6.45, 7) is 4.70. The summed E-state index contributed by atoms with van der Waals surface area (Å²) in [5.74, 6) is -1.09. The quantitative estimate of drug-likeness (QED) is 0.508. The first-order chi connectivity index (χ1) is 15.0. The number of hydrogen-bond acceptors (Lipinski definition) is 7. The van der Waals surface area contributed by atoms with Crippen molar-refractivity contribution >= 4 is 31.7 Å². The SMILES string of the molecule is CC(C)CN(C(=O)COC(=O)c1ccc(S(=O)(=O)N2CCCC2)cc1)[C@@H]1CCS(=O)(=O)C1. The van der Waals surface area contributed by atoms with Crippen LogP contribution < -0.4 is 0 Å². The number of carbonyl (C=O) groups is 2. The fourth-order valence-electron chi connectivity index (χ4n) is 4.00. The maximum Gasteiger partial charge on any atom is 0.338 e. The van der Waals surface area contributed by atoms with Crippen molar-refractivity contribution in [3.8, 4) is 0 Å². The summed E-state index contributed by atoms with van der Waals surface area (Å²) in [5.41, 5.74) is 0.136. The van der Waals surface area contributed by atoms with Crippen molar-refractivity contribution < 1.29 is 31.2 Å². The zero-order valence-corrected chi connectivity index (χ0v) is 20.0. The fraction of sp³-hybridized carbons (Fsp3) is 0.619. The average Bonchev–Trinajstić information content (AvgIpc) is 3.40. The molecule has 1 atom stereocenters. The van der Waals surface area contributed by atoms with Crippen LogP contribution in [0, 0.1) is 5.92 Å². The predicted molar refractivity (Wildman–Crippen MR) is 118 cm³/mol. The summed E-state index contributed by atoms with van der Waals surface area (Å²) >= 11 is 0. The van der Waals surface area contributed by atoms with Crippen LogP contribution in [0.5, 0.6) is 0 Å². The van der Waals surface area contributed by atoms with Crippen molar-refractivity contribution in [2.45, 2.75) is 44.0 Å². The highest BCUT2D eigenvalue weighted by molar-refractivity contribution is 7.91. The van der Waals surface area contributed by atoms with Crippen LogP contribution in [-0.2, 0) is 29.4 Å². The first-order valence-corrected chi connectivity index (χ1v) is 14.0. The van der Waals surface area contributed by atoms with Crippen LogP contribution in [-0.4, -0.2) is 81.7 Å². The van der Waals surface area contributed by atoms with Crippen LogP contribution in [0.1, 0.15) is 43.5 Å². The number of ether oxygens (including phenoxy) is 1. The van der Waals surface area contributed by atoms with Crippen LogP contribution in [0.25, 0.3) is 0 Å². The van der Waals surface area contributed by atoms with Gasteiger partial charge in [0.25, 0.3) is 5.91 Å². The maximum atomic E-state index is 12.7. The summed E-state index contributed by atoms with van der Waals surface area (Å²) < 4.78 is 55.4. The lowest BCUT2D eigenvalue weighted by Gasteiger charge is -2.29. The molecular formula is C21H30N2O7S2. The Kier molecular flexibility index (Phi) is 7.61. The van der Waals surface area contributed by atoms with Crippen molar-refractivity contribution in [1.82, 2.24) is 9.21 Å². The van der Waals surface area contributed by atoms with Gasteiger partial charge >= 0.3 is 5.97 Å². The van der Waals surface area contributed by atoms with Gasteiger partial charge in [-0.25, -0.2) is 21.6 Å². The molecule has 2 aliphatic rings. The number of esters is 1. The number of benzene rings is 1. The van der Waals surface area contributed by atoms with E-state index in [2.05, 4.69) is 0 Å². The monoisotopic (exact) mass is 486 g/mol. The molecule has 3 rings (SSSR count). The summed E-state index contributed by atoms with van der Waals surface area (Å²) in [7, 11) is -6.74. The first-order valence-electron chi connectivity index (χ1n) is 10.8. The highest BCUT2D eigenvalue weighted by atomic mass is 32.2. The van der Waals surface area contributed by atoms with E-state index in [0.29, 0.717) is 26.1 Å². The van der Waals surface area contributed by atoms with Gasteiger partial charge in [-0.1, -0.05) is 13.8 Å². The highest BCUT2D eigenvalue weighted by Gasteiger charge is 2.35.